The van der Waals surface area contributed by atoms with Crippen molar-refractivity contribution in [3.05, 3.63) is 64.1 Å². The largest absolute Gasteiger partial charge is 0.383 e. The highest BCUT2D eigenvalue weighted by molar-refractivity contribution is 6.42. The number of benzene rings is 2. The van der Waals surface area contributed by atoms with Gasteiger partial charge >= 0.3 is 0 Å². The third-order valence-electron chi connectivity index (χ3n) is 3.04. The summed E-state index contributed by atoms with van der Waals surface area (Å²) in [5.74, 6) is 0. The third kappa shape index (κ3) is 4.45. The van der Waals surface area contributed by atoms with Gasteiger partial charge < -0.3 is 5.32 Å². The van der Waals surface area contributed by atoms with Crippen LogP contribution in [0.5, 0.6) is 0 Å². The molecular formula is C16H17Cl2N. The van der Waals surface area contributed by atoms with Gasteiger partial charge in [0.2, 0.25) is 0 Å². The Balaban J connectivity index is 1.87. The number of rotatable bonds is 5. The molecule has 0 aliphatic rings. The fourth-order valence-corrected chi connectivity index (χ4v) is 2.27. The van der Waals surface area contributed by atoms with Gasteiger partial charge in [-0.1, -0.05) is 53.5 Å². The normalized spacial score (nSPS) is 12.2. The van der Waals surface area contributed by atoms with Crippen LogP contribution in [0.25, 0.3) is 0 Å². The predicted molar refractivity (Wildman–Crippen MR) is 84.3 cm³/mol. The maximum atomic E-state index is 6.00. The van der Waals surface area contributed by atoms with Crippen molar-refractivity contribution < 1.29 is 0 Å². The molecule has 0 heterocycles. The van der Waals surface area contributed by atoms with E-state index in [1.807, 2.05) is 24.3 Å². The van der Waals surface area contributed by atoms with Crippen molar-refractivity contribution in [2.75, 3.05) is 5.32 Å². The monoisotopic (exact) mass is 293 g/mol. The number of hydrogen-bond acceptors (Lipinski definition) is 1. The Labute approximate surface area is 124 Å². The molecule has 0 saturated carbocycles. The molecule has 0 radical (unpaired) electrons. The summed E-state index contributed by atoms with van der Waals surface area (Å²) in [4.78, 5) is 0. The first-order chi connectivity index (χ1) is 9.15. The van der Waals surface area contributed by atoms with Crippen LogP contribution in [0, 0.1) is 0 Å². The third-order valence-corrected chi connectivity index (χ3v) is 3.78. The van der Waals surface area contributed by atoms with Gasteiger partial charge in [-0.3, -0.25) is 0 Å². The lowest BCUT2D eigenvalue weighted by Crippen LogP contribution is -2.15. The molecule has 1 atom stereocenters. The molecule has 0 bridgehead atoms. The van der Waals surface area contributed by atoms with Crippen LogP contribution in [0.1, 0.15) is 18.9 Å². The van der Waals surface area contributed by atoms with E-state index in [1.165, 1.54) is 5.56 Å². The SMILES string of the molecule is CC(CCc1ccccc1)Nc1ccc(Cl)c(Cl)c1. The Morgan fingerprint density at radius 3 is 2.42 bits per heavy atom. The smallest absolute Gasteiger partial charge is 0.0612 e. The molecule has 0 saturated heterocycles. The molecule has 0 aromatic heterocycles. The molecule has 0 amide bonds. The number of nitrogens with one attached hydrogen (secondary N) is 1. The maximum absolute atomic E-state index is 6.00. The molecule has 0 aliphatic carbocycles. The van der Waals surface area contributed by atoms with Crippen LogP contribution in [-0.2, 0) is 6.42 Å². The lowest BCUT2D eigenvalue weighted by molar-refractivity contribution is 0.706. The molecule has 0 spiro atoms. The van der Waals surface area contributed by atoms with Crippen LogP contribution in [0.3, 0.4) is 0 Å². The van der Waals surface area contributed by atoms with Crippen LogP contribution >= 0.6 is 23.2 Å². The maximum Gasteiger partial charge on any atom is 0.0612 e. The van der Waals surface area contributed by atoms with Crippen molar-refractivity contribution in [3.63, 3.8) is 0 Å². The average Bonchev–Trinajstić information content (AvgIpc) is 2.42. The number of halogens is 2. The van der Waals surface area contributed by atoms with Crippen molar-refractivity contribution in [2.45, 2.75) is 25.8 Å². The second-order valence-electron chi connectivity index (χ2n) is 4.70. The minimum atomic E-state index is 0.387. The van der Waals surface area contributed by atoms with Crippen LogP contribution < -0.4 is 5.32 Å². The molecule has 0 fully saturated rings. The van der Waals surface area contributed by atoms with E-state index in [2.05, 4.69) is 36.5 Å². The zero-order valence-electron chi connectivity index (χ0n) is 10.9. The van der Waals surface area contributed by atoms with E-state index in [0.717, 1.165) is 18.5 Å². The van der Waals surface area contributed by atoms with Gasteiger partial charge in [0.1, 0.15) is 0 Å². The summed E-state index contributed by atoms with van der Waals surface area (Å²) in [6.07, 6.45) is 2.14. The van der Waals surface area contributed by atoms with Crippen LogP contribution in [0.2, 0.25) is 10.0 Å². The Bertz CT molecular complexity index is 526. The predicted octanol–water partition coefficient (Wildman–Crippen LogP) is 5.43. The number of aryl methyl sites for hydroxylation is 1. The minimum absolute atomic E-state index is 0.387. The lowest BCUT2D eigenvalue weighted by Gasteiger charge is -2.15. The molecule has 0 aliphatic heterocycles. The molecular weight excluding hydrogens is 277 g/mol. The van der Waals surface area contributed by atoms with Gasteiger partial charge in [-0.15, -0.1) is 0 Å². The zero-order valence-corrected chi connectivity index (χ0v) is 12.4. The first-order valence-electron chi connectivity index (χ1n) is 6.40. The summed E-state index contributed by atoms with van der Waals surface area (Å²) >= 11 is 11.9. The first-order valence-corrected chi connectivity index (χ1v) is 7.16. The van der Waals surface area contributed by atoms with Crippen LogP contribution in [0.15, 0.2) is 48.5 Å². The molecule has 3 heteroatoms. The van der Waals surface area contributed by atoms with E-state index in [1.54, 1.807) is 0 Å². The Kier molecular flexibility index (Phi) is 5.12. The van der Waals surface area contributed by atoms with Gasteiger partial charge in [0.25, 0.3) is 0 Å². The van der Waals surface area contributed by atoms with Crippen LogP contribution in [-0.4, -0.2) is 6.04 Å². The van der Waals surface area contributed by atoms with Gasteiger partial charge in [-0.05, 0) is 43.5 Å². The molecule has 2 rings (SSSR count). The molecule has 100 valence electrons. The average molecular weight is 294 g/mol. The van der Waals surface area contributed by atoms with Gasteiger partial charge in [-0.25, -0.2) is 0 Å². The summed E-state index contributed by atoms with van der Waals surface area (Å²) in [6.45, 7) is 2.17. The van der Waals surface area contributed by atoms with Crippen molar-refractivity contribution >= 4 is 28.9 Å². The van der Waals surface area contributed by atoms with E-state index in [0.29, 0.717) is 16.1 Å². The van der Waals surface area contributed by atoms with Crippen molar-refractivity contribution in [1.82, 2.24) is 0 Å². The second kappa shape index (κ2) is 6.83. The van der Waals surface area contributed by atoms with Crippen molar-refractivity contribution in [1.29, 1.82) is 0 Å². The second-order valence-corrected chi connectivity index (χ2v) is 5.51. The molecule has 1 unspecified atom stereocenters. The Morgan fingerprint density at radius 1 is 1.00 bits per heavy atom. The fourth-order valence-electron chi connectivity index (χ4n) is 1.97. The summed E-state index contributed by atoms with van der Waals surface area (Å²) in [6, 6.07) is 16.5. The lowest BCUT2D eigenvalue weighted by atomic mass is 10.1. The highest BCUT2D eigenvalue weighted by Gasteiger charge is 2.04. The van der Waals surface area contributed by atoms with E-state index < -0.39 is 0 Å². The summed E-state index contributed by atoms with van der Waals surface area (Å²) < 4.78 is 0. The van der Waals surface area contributed by atoms with Crippen molar-refractivity contribution in [3.8, 4) is 0 Å². The molecule has 2 aromatic rings. The zero-order chi connectivity index (χ0) is 13.7. The van der Waals surface area contributed by atoms with Gasteiger partial charge in [-0.2, -0.15) is 0 Å². The van der Waals surface area contributed by atoms with E-state index in [-0.39, 0.29) is 0 Å². The van der Waals surface area contributed by atoms with Crippen LogP contribution in [0.4, 0.5) is 5.69 Å². The molecule has 2 aromatic carbocycles. The Morgan fingerprint density at radius 2 is 1.74 bits per heavy atom. The molecule has 1 nitrogen and oxygen atoms in total. The standard InChI is InChI=1S/C16H17Cl2N/c1-12(7-8-13-5-3-2-4-6-13)19-14-9-10-15(17)16(18)11-14/h2-6,9-12,19H,7-8H2,1H3. The minimum Gasteiger partial charge on any atom is -0.383 e. The Hall–Kier alpha value is -1.18. The summed E-state index contributed by atoms with van der Waals surface area (Å²) in [5, 5.41) is 4.61. The van der Waals surface area contributed by atoms with Crippen molar-refractivity contribution in [2.24, 2.45) is 0 Å². The van der Waals surface area contributed by atoms with Gasteiger partial charge in [0.05, 0.1) is 10.0 Å². The number of hydrogen-bond donors (Lipinski definition) is 1. The highest BCUT2D eigenvalue weighted by atomic mass is 35.5. The fraction of sp³-hybridized carbons (Fsp3) is 0.250. The summed E-state index contributed by atoms with van der Waals surface area (Å²) in [7, 11) is 0. The van der Waals surface area contributed by atoms with E-state index >= 15 is 0 Å². The topological polar surface area (TPSA) is 12.0 Å². The van der Waals surface area contributed by atoms with E-state index in [4.69, 9.17) is 23.2 Å². The molecule has 1 N–H and O–H groups in total. The van der Waals surface area contributed by atoms with E-state index in [9.17, 15) is 0 Å². The molecule has 19 heavy (non-hydrogen) atoms. The summed E-state index contributed by atoms with van der Waals surface area (Å²) in [5.41, 5.74) is 2.38. The van der Waals surface area contributed by atoms with Gasteiger partial charge in [0.15, 0.2) is 0 Å². The number of anilines is 1. The van der Waals surface area contributed by atoms with Gasteiger partial charge in [0, 0.05) is 11.7 Å². The highest BCUT2D eigenvalue weighted by Crippen LogP contribution is 2.25. The first kappa shape index (κ1) is 14.2. The quantitative estimate of drug-likeness (QED) is 0.775.